The normalized spacial score (nSPS) is 24.1. The standard InChI is InChI=1S/C14H17N3/c15-11-3-4-13(9-11)17-12-5-6-14-10(8-12)2-1-7-16-14/h1-2,5-8,11,13,17H,3-4,9,15H2. The molecule has 1 aliphatic rings. The predicted molar refractivity (Wildman–Crippen MR) is 71.0 cm³/mol. The van der Waals surface area contributed by atoms with E-state index in [2.05, 4.69) is 34.6 Å². The molecule has 1 heterocycles. The van der Waals surface area contributed by atoms with Crippen LogP contribution in [0.4, 0.5) is 5.69 Å². The van der Waals surface area contributed by atoms with Gasteiger partial charge in [0.15, 0.2) is 0 Å². The van der Waals surface area contributed by atoms with Gasteiger partial charge in [-0.25, -0.2) is 0 Å². The number of aromatic nitrogens is 1. The summed E-state index contributed by atoms with van der Waals surface area (Å²) in [4.78, 5) is 4.32. The number of rotatable bonds is 2. The molecule has 17 heavy (non-hydrogen) atoms. The van der Waals surface area contributed by atoms with E-state index < -0.39 is 0 Å². The fraction of sp³-hybridized carbons (Fsp3) is 0.357. The first-order chi connectivity index (χ1) is 8.31. The molecule has 3 N–H and O–H groups in total. The molecule has 0 spiro atoms. The highest BCUT2D eigenvalue weighted by molar-refractivity contribution is 5.82. The molecule has 0 saturated heterocycles. The number of nitrogens with two attached hydrogens (primary N) is 1. The van der Waals surface area contributed by atoms with Gasteiger partial charge in [-0.15, -0.1) is 0 Å². The van der Waals surface area contributed by atoms with Crippen molar-refractivity contribution in [2.24, 2.45) is 5.73 Å². The summed E-state index contributed by atoms with van der Waals surface area (Å²) in [6.07, 6.45) is 5.20. The van der Waals surface area contributed by atoms with Crippen LogP contribution < -0.4 is 11.1 Å². The Morgan fingerprint density at radius 2 is 2.18 bits per heavy atom. The molecule has 0 aliphatic heterocycles. The zero-order chi connectivity index (χ0) is 11.7. The van der Waals surface area contributed by atoms with E-state index in [1.165, 1.54) is 17.5 Å². The van der Waals surface area contributed by atoms with Crippen molar-refractivity contribution in [3.63, 3.8) is 0 Å². The van der Waals surface area contributed by atoms with Crippen LogP contribution in [0.3, 0.4) is 0 Å². The molecule has 1 saturated carbocycles. The Morgan fingerprint density at radius 1 is 1.24 bits per heavy atom. The van der Waals surface area contributed by atoms with E-state index in [0.717, 1.165) is 18.4 Å². The second-order valence-electron chi connectivity index (χ2n) is 4.83. The van der Waals surface area contributed by atoms with Gasteiger partial charge in [-0.05, 0) is 43.5 Å². The first-order valence-corrected chi connectivity index (χ1v) is 6.18. The third-order valence-corrected chi connectivity index (χ3v) is 3.45. The molecule has 1 aromatic carbocycles. The number of benzene rings is 1. The van der Waals surface area contributed by atoms with Crippen LogP contribution in [0, 0.1) is 0 Å². The van der Waals surface area contributed by atoms with Crippen LogP contribution in [-0.2, 0) is 0 Å². The van der Waals surface area contributed by atoms with Gasteiger partial charge in [0, 0.05) is 29.4 Å². The lowest BCUT2D eigenvalue weighted by molar-refractivity contribution is 0.688. The van der Waals surface area contributed by atoms with Crippen LogP contribution in [0.15, 0.2) is 36.5 Å². The highest BCUT2D eigenvalue weighted by Gasteiger charge is 2.21. The summed E-state index contributed by atoms with van der Waals surface area (Å²) < 4.78 is 0. The van der Waals surface area contributed by atoms with Gasteiger partial charge >= 0.3 is 0 Å². The fourth-order valence-corrected chi connectivity index (χ4v) is 2.55. The highest BCUT2D eigenvalue weighted by atomic mass is 14.9. The fourth-order valence-electron chi connectivity index (χ4n) is 2.55. The summed E-state index contributed by atoms with van der Waals surface area (Å²) in [6.45, 7) is 0. The molecular formula is C14H17N3. The monoisotopic (exact) mass is 227 g/mol. The predicted octanol–water partition coefficient (Wildman–Crippen LogP) is 2.53. The topological polar surface area (TPSA) is 50.9 Å². The number of hydrogen-bond donors (Lipinski definition) is 2. The van der Waals surface area contributed by atoms with Gasteiger partial charge in [0.2, 0.25) is 0 Å². The molecule has 0 amide bonds. The lowest BCUT2D eigenvalue weighted by Crippen LogP contribution is -2.20. The minimum atomic E-state index is 0.370. The maximum Gasteiger partial charge on any atom is 0.0703 e. The maximum absolute atomic E-state index is 5.92. The average Bonchev–Trinajstić information content (AvgIpc) is 2.75. The van der Waals surface area contributed by atoms with Crippen LogP contribution in [-0.4, -0.2) is 17.1 Å². The summed E-state index contributed by atoms with van der Waals surface area (Å²) in [5.41, 5.74) is 8.13. The lowest BCUT2D eigenvalue weighted by atomic mass is 10.1. The molecule has 2 atom stereocenters. The van der Waals surface area contributed by atoms with E-state index in [1.54, 1.807) is 0 Å². The van der Waals surface area contributed by atoms with E-state index >= 15 is 0 Å². The zero-order valence-corrected chi connectivity index (χ0v) is 9.76. The first kappa shape index (κ1) is 10.5. The molecule has 3 heteroatoms. The lowest BCUT2D eigenvalue weighted by Gasteiger charge is -2.14. The second kappa shape index (κ2) is 4.34. The summed E-state index contributed by atoms with van der Waals surface area (Å²) in [5.74, 6) is 0. The smallest absolute Gasteiger partial charge is 0.0703 e. The van der Waals surface area contributed by atoms with Gasteiger partial charge in [-0.3, -0.25) is 4.98 Å². The SMILES string of the molecule is NC1CCC(Nc2ccc3ncccc3c2)C1. The summed E-state index contributed by atoms with van der Waals surface area (Å²) >= 11 is 0. The molecular weight excluding hydrogens is 210 g/mol. The molecule has 2 aromatic rings. The minimum absolute atomic E-state index is 0.370. The van der Waals surface area contributed by atoms with Crippen molar-refractivity contribution in [1.82, 2.24) is 4.98 Å². The van der Waals surface area contributed by atoms with Crippen LogP contribution in [0.5, 0.6) is 0 Å². The first-order valence-electron chi connectivity index (χ1n) is 6.18. The third-order valence-electron chi connectivity index (χ3n) is 3.45. The maximum atomic E-state index is 5.92. The van der Waals surface area contributed by atoms with Crippen LogP contribution in [0.25, 0.3) is 10.9 Å². The van der Waals surface area contributed by atoms with Gasteiger partial charge in [0.25, 0.3) is 0 Å². The Bertz CT molecular complexity index is 524. The van der Waals surface area contributed by atoms with E-state index in [1.807, 2.05) is 12.3 Å². The van der Waals surface area contributed by atoms with Crippen LogP contribution in [0.2, 0.25) is 0 Å². The molecule has 0 radical (unpaired) electrons. The number of fused-ring (bicyclic) bond motifs is 1. The third kappa shape index (κ3) is 2.24. The Kier molecular flexibility index (Phi) is 2.69. The van der Waals surface area contributed by atoms with Crippen LogP contribution in [0.1, 0.15) is 19.3 Å². The Morgan fingerprint density at radius 3 is 3.00 bits per heavy atom. The highest BCUT2D eigenvalue weighted by Crippen LogP contribution is 2.23. The number of hydrogen-bond acceptors (Lipinski definition) is 3. The molecule has 2 unspecified atom stereocenters. The van der Waals surface area contributed by atoms with Crippen molar-refractivity contribution >= 4 is 16.6 Å². The van der Waals surface area contributed by atoms with Gasteiger partial charge in [-0.2, -0.15) is 0 Å². The van der Waals surface area contributed by atoms with Crippen molar-refractivity contribution in [1.29, 1.82) is 0 Å². The molecule has 3 nitrogen and oxygen atoms in total. The van der Waals surface area contributed by atoms with Crippen molar-refractivity contribution in [2.45, 2.75) is 31.3 Å². The number of anilines is 1. The Hall–Kier alpha value is -1.61. The average molecular weight is 227 g/mol. The van der Waals surface area contributed by atoms with Gasteiger partial charge in [0.1, 0.15) is 0 Å². The largest absolute Gasteiger partial charge is 0.382 e. The van der Waals surface area contributed by atoms with Crippen LogP contribution >= 0.6 is 0 Å². The zero-order valence-electron chi connectivity index (χ0n) is 9.76. The van der Waals surface area contributed by atoms with E-state index in [0.29, 0.717) is 12.1 Å². The number of nitrogens with one attached hydrogen (secondary N) is 1. The van der Waals surface area contributed by atoms with Gasteiger partial charge in [0.05, 0.1) is 5.52 Å². The minimum Gasteiger partial charge on any atom is -0.382 e. The number of pyridine rings is 1. The van der Waals surface area contributed by atoms with Crippen molar-refractivity contribution < 1.29 is 0 Å². The molecule has 3 rings (SSSR count). The summed E-state index contributed by atoms with van der Waals surface area (Å²) in [5, 5.41) is 4.74. The Labute approximate surface area is 101 Å². The molecule has 1 fully saturated rings. The van der Waals surface area contributed by atoms with E-state index in [9.17, 15) is 0 Å². The van der Waals surface area contributed by atoms with Crippen molar-refractivity contribution in [2.75, 3.05) is 5.32 Å². The summed E-state index contributed by atoms with van der Waals surface area (Å²) in [7, 11) is 0. The molecule has 1 aromatic heterocycles. The van der Waals surface area contributed by atoms with Crippen molar-refractivity contribution in [3.8, 4) is 0 Å². The van der Waals surface area contributed by atoms with Gasteiger partial charge in [-0.1, -0.05) is 6.07 Å². The second-order valence-corrected chi connectivity index (χ2v) is 4.83. The molecule has 0 bridgehead atoms. The van der Waals surface area contributed by atoms with Crippen molar-refractivity contribution in [3.05, 3.63) is 36.5 Å². The molecule has 1 aliphatic carbocycles. The number of nitrogens with zero attached hydrogens (tertiary/aromatic N) is 1. The van der Waals surface area contributed by atoms with E-state index in [-0.39, 0.29) is 0 Å². The van der Waals surface area contributed by atoms with E-state index in [4.69, 9.17) is 5.73 Å². The summed E-state index contributed by atoms with van der Waals surface area (Å²) in [6, 6.07) is 11.3. The van der Waals surface area contributed by atoms with Gasteiger partial charge < -0.3 is 11.1 Å². The quantitative estimate of drug-likeness (QED) is 0.829. The Balaban J connectivity index is 1.81. The molecule has 88 valence electrons.